The SMILES string of the molecule is C/C(=N\NC(=O)COc1ccccc1[N+](=O)[O-])c1ccc(Cl)cc1Cl. The lowest BCUT2D eigenvalue weighted by Gasteiger charge is -2.07. The van der Waals surface area contributed by atoms with Crippen LogP contribution in [0.25, 0.3) is 0 Å². The van der Waals surface area contributed by atoms with Crippen molar-refractivity contribution in [2.24, 2.45) is 5.10 Å². The van der Waals surface area contributed by atoms with Crippen molar-refractivity contribution in [3.05, 3.63) is 68.2 Å². The van der Waals surface area contributed by atoms with Crippen LogP contribution in [0, 0.1) is 10.1 Å². The van der Waals surface area contributed by atoms with Gasteiger partial charge in [0.2, 0.25) is 0 Å². The molecule has 0 saturated heterocycles. The first-order valence-electron chi connectivity index (χ1n) is 7.03. The van der Waals surface area contributed by atoms with Crippen LogP contribution in [0.2, 0.25) is 10.0 Å². The fourth-order valence-electron chi connectivity index (χ4n) is 1.89. The Labute approximate surface area is 153 Å². The Balaban J connectivity index is 1.98. The fraction of sp³-hybridized carbons (Fsp3) is 0.125. The van der Waals surface area contributed by atoms with Gasteiger partial charge in [-0.05, 0) is 25.1 Å². The largest absolute Gasteiger partial charge is 0.477 e. The van der Waals surface area contributed by atoms with E-state index in [4.69, 9.17) is 27.9 Å². The molecule has 25 heavy (non-hydrogen) atoms. The maximum atomic E-state index is 11.8. The van der Waals surface area contributed by atoms with E-state index in [9.17, 15) is 14.9 Å². The Morgan fingerprint density at radius 1 is 1.28 bits per heavy atom. The average Bonchev–Trinajstić information content (AvgIpc) is 2.58. The molecule has 0 aromatic heterocycles. The van der Waals surface area contributed by atoms with Gasteiger partial charge in [0.05, 0.1) is 15.7 Å². The molecule has 0 radical (unpaired) electrons. The van der Waals surface area contributed by atoms with E-state index in [0.29, 0.717) is 21.3 Å². The second-order valence-electron chi connectivity index (χ2n) is 4.87. The second kappa shape index (κ2) is 8.46. The zero-order chi connectivity index (χ0) is 18.4. The average molecular weight is 382 g/mol. The zero-order valence-electron chi connectivity index (χ0n) is 13.0. The lowest BCUT2D eigenvalue weighted by Crippen LogP contribution is -2.25. The molecule has 0 aliphatic heterocycles. The van der Waals surface area contributed by atoms with Crippen LogP contribution in [0.4, 0.5) is 5.69 Å². The Morgan fingerprint density at radius 2 is 2.00 bits per heavy atom. The summed E-state index contributed by atoms with van der Waals surface area (Å²) in [4.78, 5) is 22.1. The van der Waals surface area contributed by atoms with Crippen molar-refractivity contribution >= 4 is 40.5 Å². The number of rotatable bonds is 6. The molecule has 7 nitrogen and oxygen atoms in total. The molecular weight excluding hydrogens is 369 g/mol. The number of para-hydroxylation sites is 2. The van der Waals surface area contributed by atoms with Crippen LogP contribution >= 0.6 is 23.2 Å². The molecule has 9 heteroatoms. The topological polar surface area (TPSA) is 93.8 Å². The number of carbonyl (C=O) groups excluding carboxylic acids is 1. The monoisotopic (exact) mass is 381 g/mol. The van der Waals surface area contributed by atoms with Crippen LogP contribution in [0.3, 0.4) is 0 Å². The van der Waals surface area contributed by atoms with Gasteiger partial charge >= 0.3 is 5.69 Å². The van der Waals surface area contributed by atoms with Crippen molar-refractivity contribution in [1.29, 1.82) is 0 Å². The predicted molar refractivity (Wildman–Crippen MR) is 95.4 cm³/mol. The third-order valence-electron chi connectivity index (χ3n) is 3.09. The van der Waals surface area contributed by atoms with Crippen molar-refractivity contribution in [2.75, 3.05) is 6.61 Å². The minimum absolute atomic E-state index is 0.00379. The van der Waals surface area contributed by atoms with Gasteiger partial charge < -0.3 is 4.74 Å². The lowest BCUT2D eigenvalue weighted by atomic mass is 10.1. The quantitative estimate of drug-likeness (QED) is 0.467. The van der Waals surface area contributed by atoms with Crippen molar-refractivity contribution in [3.8, 4) is 5.75 Å². The summed E-state index contributed by atoms with van der Waals surface area (Å²) in [5.41, 5.74) is 3.17. The molecule has 0 fully saturated rings. The van der Waals surface area contributed by atoms with E-state index in [1.165, 1.54) is 18.2 Å². The Morgan fingerprint density at radius 3 is 2.68 bits per heavy atom. The summed E-state index contributed by atoms with van der Waals surface area (Å²) in [6, 6.07) is 10.7. The first-order chi connectivity index (χ1) is 11.9. The molecule has 0 heterocycles. The number of hydrogen-bond donors (Lipinski definition) is 1. The van der Waals surface area contributed by atoms with Gasteiger partial charge in [-0.2, -0.15) is 5.10 Å². The van der Waals surface area contributed by atoms with E-state index in [2.05, 4.69) is 10.5 Å². The summed E-state index contributed by atoms with van der Waals surface area (Å²) in [7, 11) is 0. The summed E-state index contributed by atoms with van der Waals surface area (Å²) in [6.45, 7) is 1.24. The molecular formula is C16H13Cl2N3O4. The molecule has 1 N–H and O–H groups in total. The molecule has 130 valence electrons. The Hall–Kier alpha value is -2.64. The van der Waals surface area contributed by atoms with Gasteiger partial charge in [-0.15, -0.1) is 0 Å². The van der Waals surface area contributed by atoms with Crippen LogP contribution < -0.4 is 10.2 Å². The van der Waals surface area contributed by atoms with Gasteiger partial charge in [-0.3, -0.25) is 14.9 Å². The van der Waals surface area contributed by atoms with Crippen molar-refractivity contribution in [2.45, 2.75) is 6.92 Å². The van der Waals surface area contributed by atoms with Gasteiger partial charge in [-0.1, -0.05) is 41.4 Å². The van der Waals surface area contributed by atoms with E-state index in [1.807, 2.05) is 0 Å². The Kier molecular flexibility index (Phi) is 6.32. The van der Waals surface area contributed by atoms with Crippen LogP contribution in [0.5, 0.6) is 5.75 Å². The van der Waals surface area contributed by atoms with Gasteiger partial charge in [0.1, 0.15) is 0 Å². The summed E-state index contributed by atoms with van der Waals surface area (Å²) in [6.07, 6.45) is 0. The second-order valence-corrected chi connectivity index (χ2v) is 5.71. The van der Waals surface area contributed by atoms with Crippen molar-refractivity contribution in [1.82, 2.24) is 5.43 Å². The van der Waals surface area contributed by atoms with Crippen LogP contribution in [0.1, 0.15) is 12.5 Å². The number of nitro groups is 1. The molecule has 0 spiro atoms. The van der Waals surface area contributed by atoms with Gasteiger partial charge in [0.15, 0.2) is 12.4 Å². The molecule has 0 saturated carbocycles. The van der Waals surface area contributed by atoms with Gasteiger partial charge in [0, 0.05) is 16.7 Å². The number of nitrogens with zero attached hydrogens (tertiary/aromatic N) is 2. The molecule has 2 aromatic rings. The van der Waals surface area contributed by atoms with Gasteiger partial charge in [0.25, 0.3) is 5.91 Å². The molecule has 0 unspecified atom stereocenters. The number of carbonyl (C=O) groups is 1. The smallest absolute Gasteiger partial charge is 0.310 e. The number of hydrazone groups is 1. The molecule has 0 aliphatic carbocycles. The third-order valence-corrected chi connectivity index (χ3v) is 3.64. The van der Waals surface area contributed by atoms with Gasteiger partial charge in [-0.25, -0.2) is 5.43 Å². The maximum Gasteiger partial charge on any atom is 0.310 e. The minimum atomic E-state index is -0.585. The Bertz CT molecular complexity index is 840. The highest BCUT2D eigenvalue weighted by atomic mass is 35.5. The lowest BCUT2D eigenvalue weighted by molar-refractivity contribution is -0.385. The molecule has 1 amide bonds. The first kappa shape index (κ1) is 18.7. The zero-order valence-corrected chi connectivity index (χ0v) is 14.5. The van der Waals surface area contributed by atoms with E-state index < -0.39 is 17.4 Å². The number of nitrogens with one attached hydrogen (secondary N) is 1. The highest BCUT2D eigenvalue weighted by molar-refractivity contribution is 6.37. The number of benzene rings is 2. The van der Waals surface area contributed by atoms with E-state index in [1.54, 1.807) is 31.2 Å². The molecule has 2 rings (SSSR count). The summed E-state index contributed by atoms with van der Waals surface area (Å²) >= 11 is 11.9. The third kappa shape index (κ3) is 5.17. The van der Waals surface area contributed by atoms with Crippen LogP contribution in [-0.4, -0.2) is 23.1 Å². The van der Waals surface area contributed by atoms with Crippen molar-refractivity contribution in [3.63, 3.8) is 0 Å². The van der Waals surface area contributed by atoms with E-state index in [-0.39, 0.29) is 11.4 Å². The minimum Gasteiger partial charge on any atom is -0.477 e. The molecule has 0 atom stereocenters. The summed E-state index contributed by atoms with van der Waals surface area (Å²) in [5, 5.41) is 15.7. The normalized spacial score (nSPS) is 11.1. The fourth-order valence-corrected chi connectivity index (χ4v) is 2.44. The number of nitro benzene ring substituents is 1. The molecule has 0 bridgehead atoms. The summed E-state index contributed by atoms with van der Waals surface area (Å²) < 4.78 is 5.17. The number of hydrogen-bond acceptors (Lipinski definition) is 5. The predicted octanol–water partition coefficient (Wildman–Crippen LogP) is 3.82. The number of ether oxygens (including phenoxy) is 1. The highest BCUT2D eigenvalue weighted by Gasteiger charge is 2.14. The van der Waals surface area contributed by atoms with E-state index in [0.717, 1.165) is 0 Å². The highest BCUT2D eigenvalue weighted by Crippen LogP contribution is 2.25. The van der Waals surface area contributed by atoms with Crippen molar-refractivity contribution < 1.29 is 14.5 Å². The molecule has 2 aromatic carbocycles. The van der Waals surface area contributed by atoms with E-state index >= 15 is 0 Å². The number of halogens is 2. The number of amides is 1. The summed E-state index contributed by atoms with van der Waals surface area (Å²) in [5.74, 6) is -0.563. The first-order valence-corrected chi connectivity index (χ1v) is 7.79. The maximum absolute atomic E-state index is 11.8. The molecule has 0 aliphatic rings. The van der Waals surface area contributed by atoms with Crippen LogP contribution in [-0.2, 0) is 4.79 Å². The standard InChI is InChI=1S/C16H13Cl2N3O4/c1-10(12-7-6-11(17)8-13(12)18)19-20-16(22)9-25-15-5-3-2-4-14(15)21(23)24/h2-8H,9H2,1H3,(H,20,22)/b19-10+. The van der Waals surface area contributed by atoms with Crippen LogP contribution in [0.15, 0.2) is 47.6 Å².